The Morgan fingerprint density at radius 1 is 1.07 bits per heavy atom. The summed E-state index contributed by atoms with van der Waals surface area (Å²) in [5, 5.41) is 0. The lowest BCUT2D eigenvalue weighted by molar-refractivity contribution is -0.170. The summed E-state index contributed by atoms with van der Waals surface area (Å²) in [6.45, 7) is 11.7. The molecule has 0 amide bonds. The van der Waals surface area contributed by atoms with Crippen LogP contribution < -0.4 is 0 Å². The Bertz CT molecular complexity index is 758. The maximum Gasteiger partial charge on any atom is 0.334 e. The molecule has 0 radical (unpaired) electrons. The monoisotopic (exact) mass is 408 g/mol. The van der Waals surface area contributed by atoms with E-state index in [0.717, 1.165) is 0 Å². The van der Waals surface area contributed by atoms with Crippen molar-refractivity contribution >= 4 is 23.9 Å². The molecule has 29 heavy (non-hydrogen) atoms. The summed E-state index contributed by atoms with van der Waals surface area (Å²) in [7, 11) is 0. The highest BCUT2D eigenvalue weighted by Gasteiger charge is 2.64. The maximum absolute atomic E-state index is 12.2. The smallest absolute Gasteiger partial charge is 0.334 e. The molecule has 8 heteroatoms. The Morgan fingerprint density at radius 2 is 1.66 bits per heavy atom. The average Bonchev–Trinajstić information content (AvgIpc) is 2.98. The van der Waals surface area contributed by atoms with Crippen LogP contribution in [-0.4, -0.2) is 48.3 Å². The van der Waals surface area contributed by atoms with Gasteiger partial charge in [-0.1, -0.05) is 20.4 Å². The van der Waals surface area contributed by atoms with Crippen molar-refractivity contribution in [2.75, 3.05) is 0 Å². The van der Waals surface area contributed by atoms with E-state index in [0.29, 0.717) is 18.4 Å². The first-order valence-electron chi connectivity index (χ1n) is 9.87. The first-order valence-corrected chi connectivity index (χ1v) is 9.87. The highest BCUT2D eigenvalue weighted by molar-refractivity contribution is 5.91. The van der Waals surface area contributed by atoms with E-state index in [9.17, 15) is 19.2 Å². The summed E-state index contributed by atoms with van der Waals surface area (Å²) in [5.74, 6) is -2.63. The third-order valence-electron chi connectivity index (χ3n) is 6.72. The van der Waals surface area contributed by atoms with Crippen molar-refractivity contribution in [3.63, 3.8) is 0 Å². The Hall–Kier alpha value is -2.38. The third kappa shape index (κ3) is 3.65. The molecule has 160 valence electrons. The van der Waals surface area contributed by atoms with Crippen molar-refractivity contribution in [2.45, 2.75) is 71.9 Å². The van der Waals surface area contributed by atoms with E-state index in [1.807, 2.05) is 13.8 Å². The van der Waals surface area contributed by atoms with Crippen LogP contribution in [0.4, 0.5) is 0 Å². The van der Waals surface area contributed by atoms with Gasteiger partial charge in [-0.25, -0.2) is 4.79 Å². The van der Waals surface area contributed by atoms with E-state index < -0.39 is 59.6 Å². The van der Waals surface area contributed by atoms with E-state index in [1.54, 1.807) is 0 Å². The molecule has 8 unspecified atom stereocenters. The predicted octanol–water partition coefficient (Wildman–Crippen LogP) is 1.95. The van der Waals surface area contributed by atoms with Crippen LogP contribution in [-0.2, 0) is 38.1 Å². The largest absolute Gasteiger partial charge is 0.459 e. The van der Waals surface area contributed by atoms with Crippen molar-refractivity contribution in [3.05, 3.63) is 12.2 Å². The van der Waals surface area contributed by atoms with Crippen molar-refractivity contribution in [1.29, 1.82) is 0 Å². The number of hydrogen-bond acceptors (Lipinski definition) is 8. The van der Waals surface area contributed by atoms with E-state index in [2.05, 4.69) is 6.58 Å². The van der Waals surface area contributed by atoms with Gasteiger partial charge in [0.15, 0.2) is 0 Å². The second-order valence-electron chi connectivity index (χ2n) is 8.66. The molecule has 2 saturated carbocycles. The molecule has 0 bridgehead atoms. The van der Waals surface area contributed by atoms with E-state index in [-0.39, 0.29) is 11.8 Å². The number of carbonyl (C=O) groups excluding carboxylic acids is 4. The van der Waals surface area contributed by atoms with Crippen LogP contribution >= 0.6 is 0 Å². The van der Waals surface area contributed by atoms with E-state index >= 15 is 0 Å². The summed E-state index contributed by atoms with van der Waals surface area (Å²) in [5.41, 5.74) is -0.307. The molecule has 1 saturated heterocycles. The molecule has 0 aromatic rings. The fourth-order valence-electron chi connectivity index (χ4n) is 5.61. The first kappa shape index (κ1) is 21.3. The lowest BCUT2D eigenvalue weighted by Crippen LogP contribution is -2.43. The van der Waals surface area contributed by atoms with Gasteiger partial charge in [0.2, 0.25) is 0 Å². The van der Waals surface area contributed by atoms with Crippen LogP contribution in [0.3, 0.4) is 0 Å². The fraction of sp³-hybridized carbons (Fsp3) is 0.714. The molecule has 0 aromatic heterocycles. The first-order chi connectivity index (χ1) is 13.5. The minimum absolute atomic E-state index is 0.0994. The zero-order valence-corrected chi connectivity index (χ0v) is 17.4. The van der Waals surface area contributed by atoms with Crippen LogP contribution in [0.25, 0.3) is 0 Å². The van der Waals surface area contributed by atoms with Crippen molar-refractivity contribution in [2.24, 2.45) is 23.2 Å². The second-order valence-corrected chi connectivity index (χ2v) is 8.66. The minimum Gasteiger partial charge on any atom is -0.459 e. The number of ether oxygens (including phenoxy) is 4. The van der Waals surface area contributed by atoms with Gasteiger partial charge in [0.05, 0.1) is 0 Å². The van der Waals surface area contributed by atoms with Crippen molar-refractivity contribution < 1.29 is 38.1 Å². The SMILES string of the molecule is C=C1C(=O)OC2C1CC1(C)C(CC(OC(C)=O)C1OC(C)=O)C(C)C2OC(C)=O. The lowest BCUT2D eigenvalue weighted by Gasteiger charge is -2.38. The number of esters is 4. The zero-order valence-electron chi connectivity index (χ0n) is 17.4. The number of fused-ring (bicyclic) bond motifs is 2. The average molecular weight is 408 g/mol. The predicted molar refractivity (Wildman–Crippen MR) is 99.2 cm³/mol. The van der Waals surface area contributed by atoms with Gasteiger partial charge in [0.1, 0.15) is 24.4 Å². The quantitative estimate of drug-likeness (QED) is 0.396. The standard InChI is InChI=1S/C21H28O8/c1-9-14-8-21(6)15(7-16(26-11(3)22)19(21)28-13(5)24)10(2)17(27-12(4)23)18(14)29-20(9)25/h10,14-19H,1,7-8H2,2-6H3. The van der Waals surface area contributed by atoms with E-state index in [1.165, 1.54) is 20.8 Å². The number of carbonyl (C=O) groups is 4. The molecular weight excluding hydrogens is 380 g/mol. The summed E-state index contributed by atoms with van der Waals surface area (Å²) < 4.78 is 22.3. The van der Waals surface area contributed by atoms with Gasteiger partial charge in [0.25, 0.3) is 0 Å². The van der Waals surface area contributed by atoms with E-state index in [4.69, 9.17) is 18.9 Å². The minimum atomic E-state index is -0.684. The molecular formula is C21H28O8. The Kier molecular flexibility index (Phi) is 5.49. The van der Waals surface area contributed by atoms with Crippen LogP contribution in [0.1, 0.15) is 47.5 Å². The summed E-state index contributed by atoms with van der Waals surface area (Å²) >= 11 is 0. The van der Waals surface area contributed by atoms with Crippen LogP contribution in [0.2, 0.25) is 0 Å². The second kappa shape index (κ2) is 7.46. The Morgan fingerprint density at radius 3 is 2.21 bits per heavy atom. The molecule has 1 heterocycles. The molecule has 2 aliphatic carbocycles. The molecule has 0 N–H and O–H groups in total. The topological polar surface area (TPSA) is 105 Å². The Balaban J connectivity index is 2.06. The third-order valence-corrected chi connectivity index (χ3v) is 6.72. The lowest BCUT2D eigenvalue weighted by atomic mass is 9.69. The number of hydrogen-bond donors (Lipinski definition) is 0. The molecule has 8 nitrogen and oxygen atoms in total. The molecule has 0 aromatic carbocycles. The molecule has 3 aliphatic rings. The Labute approximate surface area is 169 Å². The highest BCUT2D eigenvalue weighted by Crippen LogP contribution is 2.58. The van der Waals surface area contributed by atoms with Crippen LogP contribution in [0.15, 0.2) is 12.2 Å². The van der Waals surface area contributed by atoms with Gasteiger partial charge in [-0.3, -0.25) is 14.4 Å². The molecule has 8 atom stereocenters. The van der Waals surface area contributed by atoms with Gasteiger partial charge in [-0.05, 0) is 18.8 Å². The normalized spacial score (nSPS) is 40.9. The van der Waals surface area contributed by atoms with Crippen molar-refractivity contribution in [3.8, 4) is 0 Å². The molecule has 3 rings (SSSR count). The van der Waals surface area contributed by atoms with Crippen molar-refractivity contribution in [1.82, 2.24) is 0 Å². The van der Waals surface area contributed by atoms with Gasteiger partial charge >= 0.3 is 23.9 Å². The number of rotatable bonds is 3. The van der Waals surface area contributed by atoms with Gasteiger partial charge in [0, 0.05) is 43.6 Å². The molecule has 3 fully saturated rings. The fourth-order valence-corrected chi connectivity index (χ4v) is 5.61. The summed E-state index contributed by atoms with van der Waals surface area (Å²) in [6, 6.07) is 0. The van der Waals surface area contributed by atoms with Gasteiger partial charge in [-0.15, -0.1) is 0 Å². The molecule has 1 aliphatic heterocycles. The zero-order chi connectivity index (χ0) is 21.7. The van der Waals surface area contributed by atoms with Crippen LogP contribution in [0, 0.1) is 23.2 Å². The van der Waals surface area contributed by atoms with Crippen LogP contribution in [0.5, 0.6) is 0 Å². The summed E-state index contributed by atoms with van der Waals surface area (Å²) in [6.07, 6.45) is -1.72. The van der Waals surface area contributed by atoms with Gasteiger partial charge in [-0.2, -0.15) is 0 Å². The van der Waals surface area contributed by atoms with Gasteiger partial charge < -0.3 is 18.9 Å². The molecule has 0 spiro atoms. The maximum atomic E-state index is 12.2. The summed E-state index contributed by atoms with van der Waals surface area (Å²) in [4.78, 5) is 47.5. The highest BCUT2D eigenvalue weighted by atomic mass is 16.6.